The van der Waals surface area contributed by atoms with Crippen LogP contribution >= 0.6 is 0 Å². The summed E-state index contributed by atoms with van der Waals surface area (Å²) in [6.07, 6.45) is 3.83. The van der Waals surface area contributed by atoms with E-state index in [1.165, 1.54) is 0 Å². The number of nitrogens with one attached hydrogen (secondary N) is 1. The number of aromatic nitrogens is 2. The number of rotatable bonds is 4. The molecule has 1 aromatic rings. The van der Waals surface area contributed by atoms with Crippen molar-refractivity contribution in [2.24, 2.45) is 5.92 Å². The molecular formula is C13H18N4O3. The van der Waals surface area contributed by atoms with Crippen molar-refractivity contribution < 1.29 is 14.6 Å². The van der Waals surface area contributed by atoms with Gasteiger partial charge in [-0.3, -0.25) is 4.79 Å². The number of ether oxygens (including phenoxy) is 1. The molecule has 7 heteroatoms. The van der Waals surface area contributed by atoms with Crippen LogP contribution in [0.4, 0.5) is 11.8 Å². The van der Waals surface area contributed by atoms with Gasteiger partial charge in [0, 0.05) is 25.9 Å². The molecule has 1 atom stereocenters. The molecule has 1 unspecified atom stereocenters. The summed E-state index contributed by atoms with van der Waals surface area (Å²) < 4.78 is 5.42. The van der Waals surface area contributed by atoms with E-state index in [1.807, 2.05) is 11.0 Å². The van der Waals surface area contributed by atoms with Crippen LogP contribution in [-0.4, -0.2) is 53.4 Å². The average Bonchev–Trinajstić information content (AvgIpc) is 2.38. The van der Waals surface area contributed by atoms with Crippen LogP contribution in [0.1, 0.15) is 12.8 Å². The highest BCUT2D eigenvalue weighted by Gasteiger charge is 2.34. The van der Waals surface area contributed by atoms with E-state index < -0.39 is 5.97 Å². The molecule has 1 aromatic heterocycles. The Kier molecular flexibility index (Phi) is 3.68. The maximum atomic E-state index is 10.8. The number of hydrogen-bond acceptors (Lipinski definition) is 6. The molecule has 0 spiro atoms. The fourth-order valence-corrected chi connectivity index (χ4v) is 2.44. The Bertz CT molecular complexity index is 484. The van der Waals surface area contributed by atoms with Crippen molar-refractivity contribution in [2.45, 2.75) is 18.9 Å². The van der Waals surface area contributed by atoms with Crippen molar-refractivity contribution in [3.05, 3.63) is 12.3 Å². The molecule has 0 bridgehead atoms. The van der Waals surface area contributed by atoms with Crippen molar-refractivity contribution in [1.82, 2.24) is 9.97 Å². The summed E-state index contributed by atoms with van der Waals surface area (Å²) in [5.74, 6) is 0.297. The molecule has 3 rings (SSSR count). The number of anilines is 2. The summed E-state index contributed by atoms with van der Waals surface area (Å²) in [6.45, 7) is 2.48. The second-order valence-corrected chi connectivity index (χ2v) is 5.24. The van der Waals surface area contributed by atoms with Gasteiger partial charge in [0.15, 0.2) is 0 Å². The minimum atomic E-state index is -0.755. The summed E-state index contributed by atoms with van der Waals surface area (Å²) in [5, 5.41) is 12.2. The molecular weight excluding hydrogens is 260 g/mol. The molecule has 7 nitrogen and oxygen atoms in total. The van der Waals surface area contributed by atoms with Gasteiger partial charge in [-0.1, -0.05) is 0 Å². The largest absolute Gasteiger partial charge is 0.481 e. The first-order valence-corrected chi connectivity index (χ1v) is 6.87. The Morgan fingerprint density at radius 3 is 3.05 bits per heavy atom. The van der Waals surface area contributed by atoms with Gasteiger partial charge in [0.1, 0.15) is 5.82 Å². The maximum Gasteiger partial charge on any atom is 0.310 e. The van der Waals surface area contributed by atoms with Crippen LogP contribution in [0, 0.1) is 5.92 Å². The summed E-state index contributed by atoms with van der Waals surface area (Å²) in [4.78, 5) is 21.3. The average molecular weight is 278 g/mol. The highest BCUT2D eigenvalue weighted by Crippen LogP contribution is 2.22. The molecule has 2 aliphatic rings. The quantitative estimate of drug-likeness (QED) is 0.833. The minimum Gasteiger partial charge on any atom is -0.481 e. The highest BCUT2D eigenvalue weighted by atomic mass is 16.5. The van der Waals surface area contributed by atoms with E-state index >= 15 is 0 Å². The number of nitrogens with zero attached hydrogens (tertiary/aromatic N) is 3. The number of carbonyl (C=O) groups is 1. The molecule has 2 aliphatic heterocycles. The molecule has 3 heterocycles. The third kappa shape index (κ3) is 2.82. The Morgan fingerprint density at radius 1 is 1.50 bits per heavy atom. The lowest BCUT2D eigenvalue weighted by Gasteiger charge is -2.36. The van der Waals surface area contributed by atoms with Crippen LogP contribution in [0.15, 0.2) is 12.3 Å². The Labute approximate surface area is 117 Å². The zero-order valence-corrected chi connectivity index (χ0v) is 11.2. The molecule has 0 aliphatic carbocycles. The predicted molar refractivity (Wildman–Crippen MR) is 72.8 cm³/mol. The standard InChI is InChI=1S/C13H18N4O3/c18-12(19)9-6-17(7-9)13-14-4-3-11(16-13)15-10-2-1-5-20-8-10/h3-4,9-10H,1-2,5-8H2,(H,18,19)(H,14,15,16). The van der Waals surface area contributed by atoms with Gasteiger partial charge in [0.25, 0.3) is 0 Å². The Hall–Kier alpha value is -1.89. The molecule has 0 saturated carbocycles. The first-order valence-electron chi connectivity index (χ1n) is 6.87. The van der Waals surface area contributed by atoms with Crippen LogP contribution in [-0.2, 0) is 9.53 Å². The van der Waals surface area contributed by atoms with Crippen molar-refractivity contribution in [3.8, 4) is 0 Å². The highest BCUT2D eigenvalue weighted by molar-refractivity contribution is 5.73. The second kappa shape index (κ2) is 5.62. The monoisotopic (exact) mass is 278 g/mol. The van der Waals surface area contributed by atoms with Crippen molar-refractivity contribution in [1.29, 1.82) is 0 Å². The Morgan fingerprint density at radius 2 is 2.35 bits per heavy atom. The van der Waals surface area contributed by atoms with Crippen LogP contribution in [0.3, 0.4) is 0 Å². The first-order chi connectivity index (χ1) is 9.72. The lowest BCUT2D eigenvalue weighted by Crippen LogP contribution is -2.51. The van der Waals surface area contributed by atoms with Crippen molar-refractivity contribution in [2.75, 3.05) is 36.5 Å². The van der Waals surface area contributed by atoms with Gasteiger partial charge in [0.2, 0.25) is 5.95 Å². The molecule has 0 aromatic carbocycles. The van der Waals surface area contributed by atoms with Crippen LogP contribution in [0.5, 0.6) is 0 Å². The first kappa shape index (κ1) is 13.1. The van der Waals surface area contributed by atoms with E-state index in [0.717, 1.165) is 25.3 Å². The Balaban J connectivity index is 1.60. The van der Waals surface area contributed by atoms with Gasteiger partial charge in [-0.25, -0.2) is 4.98 Å². The SMILES string of the molecule is O=C(O)C1CN(c2nccc(NC3CCCOC3)n2)C1. The normalized spacial score (nSPS) is 23.2. The second-order valence-electron chi connectivity index (χ2n) is 5.24. The zero-order valence-electron chi connectivity index (χ0n) is 11.2. The van der Waals surface area contributed by atoms with Gasteiger partial charge >= 0.3 is 5.97 Å². The van der Waals surface area contributed by atoms with Gasteiger partial charge < -0.3 is 20.1 Å². The van der Waals surface area contributed by atoms with E-state index in [2.05, 4.69) is 15.3 Å². The lowest BCUT2D eigenvalue weighted by molar-refractivity contribution is -0.142. The van der Waals surface area contributed by atoms with E-state index in [-0.39, 0.29) is 12.0 Å². The van der Waals surface area contributed by atoms with Gasteiger partial charge in [0.05, 0.1) is 18.6 Å². The van der Waals surface area contributed by atoms with Crippen molar-refractivity contribution >= 4 is 17.7 Å². The number of carboxylic acid groups (broad SMARTS) is 1. The summed E-state index contributed by atoms with van der Waals surface area (Å²) in [5.41, 5.74) is 0. The van der Waals surface area contributed by atoms with Crippen LogP contribution < -0.4 is 10.2 Å². The third-order valence-corrected chi connectivity index (χ3v) is 3.67. The number of carboxylic acids is 1. The van der Waals surface area contributed by atoms with Crippen LogP contribution in [0.2, 0.25) is 0 Å². The van der Waals surface area contributed by atoms with Gasteiger partial charge in [-0.15, -0.1) is 0 Å². The summed E-state index contributed by atoms with van der Waals surface area (Å²) >= 11 is 0. The summed E-state index contributed by atoms with van der Waals surface area (Å²) in [7, 11) is 0. The van der Waals surface area contributed by atoms with Crippen LogP contribution in [0.25, 0.3) is 0 Å². The van der Waals surface area contributed by atoms with Gasteiger partial charge in [-0.2, -0.15) is 4.98 Å². The smallest absolute Gasteiger partial charge is 0.310 e. The van der Waals surface area contributed by atoms with Crippen molar-refractivity contribution in [3.63, 3.8) is 0 Å². The fourth-order valence-electron chi connectivity index (χ4n) is 2.44. The zero-order chi connectivity index (χ0) is 13.9. The molecule has 2 saturated heterocycles. The maximum absolute atomic E-state index is 10.8. The molecule has 2 N–H and O–H groups in total. The molecule has 0 radical (unpaired) electrons. The predicted octanol–water partition coefficient (Wildman–Crippen LogP) is 0.588. The molecule has 0 amide bonds. The molecule has 108 valence electrons. The van der Waals surface area contributed by atoms with E-state index in [1.54, 1.807) is 6.20 Å². The van der Waals surface area contributed by atoms with Gasteiger partial charge in [-0.05, 0) is 18.9 Å². The molecule has 2 fully saturated rings. The van der Waals surface area contributed by atoms with E-state index in [0.29, 0.717) is 25.6 Å². The van der Waals surface area contributed by atoms with E-state index in [9.17, 15) is 4.79 Å². The fraction of sp³-hybridized carbons (Fsp3) is 0.615. The number of aliphatic carboxylic acids is 1. The minimum absolute atomic E-state index is 0.287. The van der Waals surface area contributed by atoms with E-state index in [4.69, 9.17) is 9.84 Å². The summed E-state index contributed by atoms with van der Waals surface area (Å²) in [6, 6.07) is 2.11. The molecule has 20 heavy (non-hydrogen) atoms. The lowest BCUT2D eigenvalue weighted by atomic mass is 10.0. The number of hydrogen-bond donors (Lipinski definition) is 2. The topological polar surface area (TPSA) is 87.6 Å². The third-order valence-electron chi connectivity index (χ3n) is 3.67.